The normalized spacial score (nSPS) is 13.9. The van der Waals surface area contributed by atoms with Gasteiger partial charge in [0.1, 0.15) is 23.4 Å². The van der Waals surface area contributed by atoms with Gasteiger partial charge in [0, 0.05) is 41.2 Å². The Bertz CT molecular complexity index is 1430. The predicted octanol–water partition coefficient (Wildman–Crippen LogP) is 6.75. The number of rotatable bonds is 7. The highest BCUT2D eigenvalue weighted by Gasteiger charge is 2.31. The molecule has 2 heterocycles. The van der Waals surface area contributed by atoms with Crippen LogP contribution in [0, 0.1) is 5.82 Å². The summed E-state index contributed by atoms with van der Waals surface area (Å²) in [6, 6.07) is 15.2. The number of carbonyl (C=O) groups is 1. The first-order valence-corrected chi connectivity index (χ1v) is 12.0. The van der Waals surface area contributed by atoms with Crippen LogP contribution in [-0.4, -0.2) is 32.3 Å². The molecule has 0 radical (unpaired) electrons. The number of carbonyl (C=O) groups excluding carboxylic acids is 1. The zero-order chi connectivity index (χ0) is 25.4. The van der Waals surface area contributed by atoms with Crippen molar-refractivity contribution in [2.45, 2.75) is 19.0 Å². The largest absolute Gasteiger partial charge is 0.488 e. The molecule has 0 saturated carbocycles. The van der Waals surface area contributed by atoms with E-state index in [1.165, 1.54) is 24.5 Å². The summed E-state index contributed by atoms with van der Waals surface area (Å²) in [4.78, 5) is 12.5. The standard InChI is InChI=1S/C27H22F3NO4S/c1-27(29,30)22-12-16(28)4-10-20(22)25-24(21-9-3-15(26(32)33-2)11-23(21)36-25)35-18-7-5-17(6-8-18)34-19-13-31-14-19/h3-12,19,31H,13-14H2,1-2H3. The van der Waals surface area contributed by atoms with E-state index < -0.39 is 23.3 Å². The summed E-state index contributed by atoms with van der Waals surface area (Å²) in [6.45, 7) is 2.31. The van der Waals surface area contributed by atoms with Crippen LogP contribution in [-0.2, 0) is 10.7 Å². The van der Waals surface area contributed by atoms with Crippen LogP contribution in [0.3, 0.4) is 0 Å². The maximum absolute atomic E-state index is 14.5. The third-order valence-electron chi connectivity index (χ3n) is 5.86. The molecule has 0 atom stereocenters. The Morgan fingerprint density at radius 3 is 2.39 bits per heavy atom. The third kappa shape index (κ3) is 4.76. The van der Waals surface area contributed by atoms with Crippen LogP contribution < -0.4 is 14.8 Å². The van der Waals surface area contributed by atoms with Crippen LogP contribution in [0.5, 0.6) is 17.2 Å². The zero-order valence-corrected chi connectivity index (χ0v) is 20.3. The van der Waals surface area contributed by atoms with Gasteiger partial charge in [-0.15, -0.1) is 11.3 Å². The molecule has 1 fully saturated rings. The van der Waals surface area contributed by atoms with E-state index in [0.717, 1.165) is 32.1 Å². The predicted molar refractivity (Wildman–Crippen MR) is 132 cm³/mol. The van der Waals surface area contributed by atoms with E-state index in [4.69, 9.17) is 14.2 Å². The van der Waals surface area contributed by atoms with Gasteiger partial charge in [-0.25, -0.2) is 18.0 Å². The molecule has 4 aromatic rings. The minimum Gasteiger partial charge on any atom is -0.488 e. The Morgan fingerprint density at radius 1 is 1.03 bits per heavy atom. The number of ether oxygens (including phenoxy) is 3. The highest BCUT2D eigenvalue weighted by atomic mass is 32.1. The molecule has 1 N–H and O–H groups in total. The second kappa shape index (κ2) is 9.48. The van der Waals surface area contributed by atoms with Gasteiger partial charge in [-0.05, 0) is 54.6 Å². The van der Waals surface area contributed by atoms with Crippen molar-refractivity contribution < 1.29 is 32.2 Å². The molecule has 5 nitrogen and oxygen atoms in total. The molecule has 9 heteroatoms. The lowest BCUT2D eigenvalue weighted by Crippen LogP contribution is -2.50. The summed E-state index contributed by atoms with van der Waals surface area (Å²) >= 11 is 1.18. The molecule has 0 bridgehead atoms. The van der Waals surface area contributed by atoms with E-state index in [1.54, 1.807) is 42.5 Å². The van der Waals surface area contributed by atoms with E-state index in [2.05, 4.69) is 5.32 Å². The smallest absolute Gasteiger partial charge is 0.337 e. The second-order valence-corrected chi connectivity index (χ2v) is 9.56. The van der Waals surface area contributed by atoms with Crippen molar-refractivity contribution in [1.29, 1.82) is 0 Å². The van der Waals surface area contributed by atoms with Crippen molar-refractivity contribution in [3.05, 3.63) is 77.6 Å². The molecule has 1 aliphatic heterocycles. The highest BCUT2D eigenvalue weighted by molar-refractivity contribution is 7.22. The average Bonchev–Trinajstić information content (AvgIpc) is 3.18. The van der Waals surface area contributed by atoms with Gasteiger partial charge < -0.3 is 19.5 Å². The number of benzene rings is 3. The Morgan fingerprint density at radius 2 is 1.75 bits per heavy atom. The van der Waals surface area contributed by atoms with Crippen LogP contribution in [0.4, 0.5) is 13.2 Å². The zero-order valence-electron chi connectivity index (χ0n) is 19.4. The Hall–Kier alpha value is -3.56. The van der Waals surface area contributed by atoms with Crippen molar-refractivity contribution in [2.75, 3.05) is 20.2 Å². The maximum atomic E-state index is 14.5. The number of thiophene rings is 1. The molecule has 5 rings (SSSR count). The quantitative estimate of drug-likeness (QED) is 0.277. The molecule has 0 amide bonds. The summed E-state index contributed by atoms with van der Waals surface area (Å²) in [7, 11) is 1.28. The number of methoxy groups -OCH3 is 1. The molecule has 1 aromatic heterocycles. The van der Waals surface area contributed by atoms with Gasteiger partial charge in [0.25, 0.3) is 5.92 Å². The number of alkyl halides is 2. The molecule has 0 unspecified atom stereocenters. The number of nitrogens with one attached hydrogen (secondary N) is 1. The highest BCUT2D eigenvalue weighted by Crippen LogP contribution is 2.49. The lowest BCUT2D eigenvalue weighted by molar-refractivity contribution is 0.0178. The van der Waals surface area contributed by atoms with Crippen LogP contribution in [0.2, 0.25) is 0 Å². The van der Waals surface area contributed by atoms with E-state index in [-0.39, 0.29) is 11.7 Å². The summed E-state index contributed by atoms with van der Waals surface area (Å²) in [5.74, 6) is -3.08. The third-order valence-corrected chi connectivity index (χ3v) is 7.02. The van der Waals surface area contributed by atoms with Gasteiger partial charge in [0.2, 0.25) is 0 Å². The molecule has 36 heavy (non-hydrogen) atoms. The molecule has 1 aliphatic rings. The first-order valence-electron chi connectivity index (χ1n) is 11.2. The van der Waals surface area contributed by atoms with Crippen LogP contribution in [0.15, 0.2) is 60.7 Å². The van der Waals surface area contributed by atoms with E-state index >= 15 is 0 Å². The second-order valence-electron chi connectivity index (χ2n) is 8.51. The molecule has 186 valence electrons. The molecule has 0 aliphatic carbocycles. The summed E-state index contributed by atoms with van der Waals surface area (Å²) < 4.78 is 60.5. The first-order chi connectivity index (χ1) is 17.2. The van der Waals surface area contributed by atoms with Crippen molar-refractivity contribution in [2.24, 2.45) is 0 Å². The van der Waals surface area contributed by atoms with Crippen molar-refractivity contribution in [3.8, 4) is 27.7 Å². The lowest BCUT2D eigenvalue weighted by atomic mass is 10.00. The van der Waals surface area contributed by atoms with E-state index in [1.807, 2.05) is 0 Å². The van der Waals surface area contributed by atoms with Gasteiger partial charge in [-0.1, -0.05) is 6.07 Å². The van der Waals surface area contributed by atoms with Gasteiger partial charge in [0.05, 0.1) is 17.6 Å². The summed E-state index contributed by atoms with van der Waals surface area (Å²) in [5, 5.41) is 3.76. The topological polar surface area (TPSA) is 56.8 Å². The summed E-state index contributed by atoms with van der Waals surface area (Å²) in [5.41, 5.74) is 0.0126. The van der Waals surface area contributed by atoms with Crippen LogP contribution in [0.25, 0.3) is 20.5 Å². The van der Waals surface area contributed by atoms with Crippen LogP contribution >= 0.6 is 11.3 Å². The van der Waals surface area contributed by atoms with Crippen molar-refractivity contribution in [3.63, 3.8) is 0 Å². The van der Waals surface area contributed by atoms with Crippen molar-refractivity contribution >= 4 is 27.4 Å². The van der Waals surface area contributed by atoms with Gasteiger partial charge in [-0.2, -0.15) is 0 Å². The van der Waals surface area contributed by atoms with E-state index in [9.17, 15) is 18.0 Å². The Labute approximate surface area is 209 Å². The molecule has 0 spiro atoms. The SMILES string of the molecule is COC(=O)c1ccc2c(Oc3ccc(OC4CNC4)cc3)c(-c3ccc(F)cc3C(C)(F)F)sc2c1. The lowest BCUT2D eigenvalue weighted by Gasteiger charge is -2.27. The number of fused-ring (bicyclic) bond motifs is 1. The van der Waals surface area contributed by atoms with Crippen LogP contribution in [0.1, 0.15) is 22.8 Å². The summed E-state index contributed by atoms with van der Waals surface area (Å²) in [6.07, 6.45) is 0.126. The fourth-order valence-electron chi connectivity index (χ4n) is 3.92. The van der Waals surface area contributed by atoms with Crippen molar-refractivity contribution in [1.82, 2.24) is 5.32 Å². The Kier molecular flexibility index (Phi) is 6.36. The molecule has 1 saturated heterocycles. The number of halogens is 3. The monoisotopic (exact) mass is 513 g/mol. The fraction of sp³-hybridized carbons (Fsp3) is 0.222. The van der Waals surface area contributed by atoms with Gasteiger partial charge >= 0.3 is 5.97 Å². The number of hydrogen-bond acceptors (Lipinski definition) is 6. The molecular weight excluding hydrogens is 491 g/mol. The minimum absolute atomic E-state index is 0.126. The first kappa shape index (κ1) is 24.1. The fourth-order valence-corrected chi connectivity index (χ4v) is 5.12. The average molecular weight is 514 g/mol. The molecule has 3 aromatic carbocycles. The number of esters is 1. The maximum Gasteiger partial charge on any atom is 0.337 e. The number of hydrogen-bond donors (Lipinski definition) is 1. The van der Waals surface area contributed by atoms with Gasteiger partial charge in [0.15, 0.2) is 5.75 Å². The van der Waals surface area contributed by atoms with E-state index in [0.29, 0.717) is 37.8 Å². The molecular formula is C27H22F3NO4S. The van der Waals surface area contributed by atoms with Gasteiger partial charge in [-0.3, -0.25) is 0 Å². The Balaban J connectivity index is 1.61. The minimum atomic E-state index is -3.29.